The lowest BCUT2D eigenvalue weighted by Gasteiger charge is -2.40. The first-order chi connectivity index (χ1) is 11.2. The molecular formula is C16H28IN5O2S. The number of halogens is 1. The second-order valence-electron chi connectivity index (χ2n) is 6.90. The number of aryl methyl sites for hydroxylation is 2. The van der Waals surface area contributed by atoms with Crippen LogP contribution in [0.5, 0.6) is 0 Å². The van der Waals surface area contributed by atoms with Crippen molar-refractivity contribution in [1.82, 2.24) is 20.5 Å². The lowest BCUT2D eigenvalue weighted by atomic mass is 10.1. The Balaban J connectivity index is 0.00000312. The predicted molar refractivity (Wildman–Crippen MR) is 112 cm³/mol. The highest BCUT2D eigenvalue weighted by Crippen LogP contribution is 2.16. The van der Waals surface area contributed by atoms with Gasteiger partial charge in [0, 0.05) is 25.0 Å². The van der Waals surface area contributed by atoms with Crippen molar-refractivity contribution in [2.24, 2.45) is 4.99 Å². The van der Waals surface area contributed by atoms with Gasteiger partial charge in [-0.05, 0) is 34.6 Å². The zero-order valence-electron chi connectivity index (χ0n) is 15.7. The molecule has 1 amide bonds. The van der Waals surface area contributed by atoms with Gasteiger partial charge >= 0.3 is 6.09 Å². The highest BCUT2D eigenvalue weighted by molar-refractivity contribution is 14.0. The van der Waals surface area contributed by atoms with Crippen molar-refractivity contribution < 1.29 is 9.53 Å². The Labute approximate surface area is 170 Å². The third-order valence-electron chi connectivity index (χ3n) is 3.58. The molecule has 1 aliphatic heterocycles. The SMILES string of the molecule is CN=C(NCc1nc(C)c(C)s1)NC1CN(C(=O)OC(C)(C)C)C1.I. The number of ether oxygens (including phenoxy) is 1. The Hall–Kier alpha value is -1.10. The third kappa shape index (κ3) is 6.61. The van der Waals surface area contributed by atoms with Crippen LogP contribution in [0.3, 0.4) is 0 Å². The molecule has 0 saturated carbocycles. The molecule has 2 rings (SSSR count). The summed E-state index contributed by atoms with van der Waals surface area (Å²) in [6.07, 6.45) is -0.266. The summed E-state index contributed by atoms with van der Waals surface area (Å²) in [5, 5.41) is 7.61. The van der Waals surface area contributed by atoms with Crippen LogP contribution in [0.4, 0.5) is 4.79 Å². The number of carbonyl (C=O) groups excluding carboxylic acids is 1. The first kappa shape index (κ1) is 21.9. The Bertz CT molecular complexity index is 601. The van der Waals surface area contributed by atoms with Gasteiger partial charge in [-0.2, -0.15) is 0 Å². The first-order valence-corrected chi connectivity index (χ1v) is 8.87. The summed E-state index contributed by atoms with van der Waals surface area (Å²) >= 11 is 1.69. The molecule has 9 heteroatoms. The number of hydrogen-bond acceptors (Lipinski definition) is 5. The van der Waals surface area contributed by atoms with Gasteiger partial charge in [-0.15, -0.1) is 35.3 Å². The molecule has 142 valence electrons. The third-order valence-corrected chi connectivity index (χ3v) is 4.65. The van der Waals surface area contributed by atoms with Crippen LogP contribution in [0.2, 0.25) is 0 Å². The monoisotopic (exact) mass is 481 g/mol. The van der Waals surface area contributed by atoms with Gasteiger partial charge in [0.25, 0.3) is 0 Å². The van der Waals surface area contributed by atoms with E-state index in [1.165, 1.54) is 4.88 Å². The van der Waals surface area contributed by atoms with E-state index >= 15 is 0 Å². The summed E-state index contributed by atoms with van der Waals surface area (Å²) in [5.74, 6) is 0.717. The van der Waals surface area contributed by atoms with Crippen LogP contribution in [-0.2, 0) is 11.3 Å². The van der Waals surface area contributed by atoms with Crippen LogP contribution >= 0.6 is 35.3 Å². The number of carbonyl (C=O) groups is 1. The number of aromatic nitrogens is 1. The molecule has 0 radical (unpaired) electrons. The maximum Gasteiger partial charge on any atom is 0.410 e. The van der Waals surface area contributed by atoms with Crippen LogP contribution in [0.25, 0.3) is 0 Å². The smallest absolute Gasteiger partial charge is 0.410 e. The summed E-state index contributed by atoms with van der Waals surface area (Å²) in [6, 6.07) is 0.184. The molecule has 1 saturated heterocycles. The van der Waals surface area contributed by atoms with Crippen molar-refractivity contribution >= 4 is 47.4 Å². The Morgan fingerprint density at radius 3 is 2.52 bits per heavy atom. The summed E-state index contributed by atoms with van der Waals surface area (Å²) < 4.78 is 5.35. The highest BCUT2D eigenvalue weighted by atomic mass is 127. The van der Waals surface area contributed by atoms with Gasteiger partial charge in [-0.25, -0.2) is 9.78 Å². The number of guanidine groups is 1. The topological polar surface area (TPSA) is 78.9 Å². The van der Waals surface area contributed by atoms with Crippen molar-refractivity contribution in [3.8, 4) is 0 Å². The Morgan fingerprint density at radius 2 is 2.04 bits per heavy atom. The zero-order chi connectivity index (χ0) is 17.9. The average molecular weight is 481 g/mol. The summed E-state index contributed by atoms with van der Waals surface area (Å²) in [4.78, 5) is 23.6. The van der Waals surface area contributed by atoms with E-state index in [9.17, 15) is 4.79 Å². The fraction of sp³-hybridized carbons (Fsp3) is 0.688. The van der Waals surface area contributed by atoms with Gasteiger partial charge in [-0.1, -0.05) is 0 Å². The highest BCUT2D eigenvalue weighted by Gasteiger charge is 2.34. The van der Waals surface area contributed by atoms with Gasteiger partial charge in [0.1, 0.15) is 10.6 Å². The molecule has 0 aliphatic carbocycles. The number of amides is 1. The molecule has 1 fully saturated rings. The fourth-order valence-electron chi connectivity index (χ4n) is 2.21. The Kier molecular flexibility index (Phi) is 7.91. The molecule has 2 heterocycles. The van der Waals surface area contributed by atoms with Gasteiger partial charge in [0.15, 0.2) is 5.96 Å². The largest absolute Gasteiger partial charge is 0.444 e. The predicted octanol–water partition coefficient (Wildman–Crippen LogP) is 2.66. The molecular weight excluding hydrogens is 453 g/mol. The normalized spacial score (nSPS) is 15.3. The van der Waals surface area contributed by atoms with Crippen LogP contribution in [0.1, 0.15) is 36.3 Å². The molecule has 0 bridgehead atoms. The number of hydrogen-bond donors (Lipinski definition) is 2. The number of aliphatic imine (C=N–C) groups is 1. The van der Waals surface area contributed by atoms with Crippen molar-refractivity contribution in [3.63, 3.8) is 0 Å². The molecule has 1 aliphatic rings. The number of rotatable bonds is 3. The molecule has 25 heavy (non-hydrogen) atoms. The molecule has 0 aromatic carbocycles. The molecule has 1 aromatic rings. The van der Waals surface area contributed by atoms with Crippen LogP contribution < -0.4 is 10.6 Å². The Morgan fingerprint density at radius 1 is 1.40 bits per heavy atom. The van der Waals surface area contributed by atoms with Gasteiger partial charge in [0.2, 0.25) is 0 Å². The minimum Gasteiger partial charge on any atom is -0.444 e. The van der Waals surface area contributed by atoms with Gasteiger partial charge in [-0.3, -0.25) is 4.99 Å². The number of likely N-dealkylation sites (tertiary alicyclic amines) is 1. The molecule has 2 N–H and O–H groups in total. The molecule has 0 atom stereocenters. The van der Waals surface area contributed by atoms with Crippen molar-refractivity contribution in [1.29, 1.82) is 0 Å². The van der Waals surface area contributed by atoms with Gasteiger partial charge < -0.3 is 20.3 Å². The fourth-order valence-corrected chi connectivity index (χ4v) is 3.08. The van der Waals surface area contributed by atoms with Crippen LogP contribution in [0, 0.1) is 13.8 Å². The van der Waals surface area contributed by atoms with Crippen LogP contribution in [0.15, 0.2) is 4.99 Å². The zero-order valence-corrected chi connectivity index (χ0v) is 18.8. The van der Waals surface area contributed by atoms with E-state index in [-0.39, 0.29) is 36.1 Å². The second-order valence-corrected chi connectivity index (χ2v) is 8.19. The second kappa shape index (κ2) is 9.02. The summed E-state index contributed by atoms with van der Waals surface area (Å²) in [7, 11) is 1.73. The number of nitrogens with zero attached hydrogens (tertiary/aromatic N) is 3. The van der Waals surface area contributed by atoms with E-state index in [2.05, 4.69) is 27.5 Å². The average Bonchev–Trinajstić information content (AvgIpc) is 2.73. The maximum atomic E-state index is 11.9. The minimum absolute atomic E-state index is 0. The standard InChI is InChI=1S/C16H27N5O2S.HI/c1-10-11(2)24-13(19-10)7-18-14(17-6)20-12-8-21(9-12)15(22)23-16(3,4)5;/h12H,7-9H2,1-6H3,(H2,17,18,20);1H. The van der Waals surface area contributed by atoms with E-state index in [0.29, 0.717) is 25.6 Å². The molecule has 1 aromatic heterocycles. The first-order valence-electron chi connectivity index (χ1n) is 8.06. The van der Waals surface area contributed by atoms with Crippen LogP contribution in [-0.4, -0.2) is 53.7 Å². The van der Waals surface area contributed by atoms with E-state index < -0.39 is 5.60 Å². The summed E-state index contributed by atoms with van der Waals surface area (Å²) in [6.45, 7) is 11.6. The maximum absolute atomic E-state index is 11.9. The van der Waals surface area contributed by atoms with E-state index in [0.717, 1.165) is 10.7 Å². The molecule has 0 spiro atoms. The quantitative estimate of drug-likeness (QED) is 0.395. The van der Waals surface area contributed by atoms with Crippen molar-refractivity contribution in [2.75, 3.05) is 20.1 Å². The minimum atomic E-state index is -0.461. The summed E-state index contributed by atoms with van der Waals surface area (Å²) in [5.41, 5.74) is 0.615. The molecule has 0 unspecified atom stereocenters. The van der Waals surface area contributed by atoms with Gasteiger partial charge in [0.05, 0.1) is 18.3 Å². The van der Waals surface area contributed by atoms with E-state index in [4.69, 9.17) is 4.74 Å². The van der Waals surface area contributed by atoms with E-state index in [1.54, 1.807) is 23.3 Å². The van der Waals surface area contributed by atoms with E-state index in [1.807, 2.05) is 27.7 Å². The number of nitrogens with one attached hydrogen (secondary N) is 2. The lowest BCUT2D eigenvalue weighted by Crippen LogP contribution is -2.63. The molecule has 7 nitrogen and oxygen atoms in total. The lowest BCUT2D eigenvalue weighted by molar-refractivity contribution is 0.00701. The van der Waals surface area contributed by atoms with Crippen molar-refractivity contribution in [2.45, 2.75) is 52.8 Å². The number of thiazole rings is 1. The van der Waals surface area contributed by atoms with Crippen molar-refractivity contribution in [3.05, 3.63) is 15.6 Å².